The van der Waals surface area contributed by atoms with E-state index >= 15 is 0 Å². The Morgan fingerprint density at radius 3 is 2.58 bits per heavy atom. The molecule has 5 heteroatoms. The summed E-state index contributed by atoms with van der Waals surface area (Å²) in [6.45, 7) is 6.11. The number of aromatic nitrogens is 2. The monoisotopic (exact) mass is 344 g/mol. The molecule has 0 spiro atoms. The van der Waals surface area contributed by atoms with Gasteiger partial charge in [-0.2, -0.15) is 0 Å². The second kappa shape index (κ2) is 7.24. The Kier molecular flexibility index (Phi) is 5.07. The van der Waals surface area contributed by atoms with Gasteiger partial charge in [0.1, 0.15) is 17.9 Å². The highest BCUT2D eigenvalue weighted by molar-refractivity contribution is 6.30. The van der Waals surface area contributed by atoms with Gasteiger partial charge in [-0.1, -0.05) is 23.7 Å². The quantitative estimate of drug-likeness (QED) is 0.659. The first kappa shape index (κ1) is 16.8. The van der Waals surface area contributed by atoms with E-state index in [9.17, 15) is 0 Å². The van der Waals surface area contributed by atoms with Crippen molar-refractivity contribution in [2.24, 2.45) is 0 Å². The summed E-state index contributed by atoms with van der Waals surface area (Å²) in [4.78, 5) is 4.54. The van der Waals surface area contributed by atoms with Crippen molar-refractivity contribution in [1.29, 1.82) is 0 Å². The van der Waals surface area contributed by atoms with Gasteiger partial charge in [0.25, 0.3) is 0 Å². The van der Waals surface area contributed by atoms with Crippen LogP contribution in [0.2, 0.25) is 5.02 Å². The van der Waals surface area contributed by atoms with E-state index in [1.807, 2.05) is 30.3 Å². The fraction of sp³-hybridized carbons (Fsp3) is 0.316. The van der Waals surface area contributed by atoms with Crippen LogP contribution in [0.3, 0.4) is 0 Å². The fourth-order valence-electron chi connectivity index (χ4n) is 2.83. The number of methoxy groups -OCH3 is 1. The van der Waals surface area contributed by atoms with Crippen LogP contribution in [0.15, 0.2) is 36.5 Å². The molecule has 0 N–H and O–H groups in total. The minimum Gasteiger partial charge on any atom is -0.487 e. The number of nitrogens with zero attached hydrogens (tertiary/aromatic N) is 2. The number of halogens is 1. The lowest BCUT2D eigenvalue weighted by Crippen LogP contribution is -2.07. The van der Waals surface area contributed by atoms with Crippen molar-refractivity contribution in [3.63, 3.8) is 0 Å². The number of aryl methyl sites for hydroxylation is 1. The smallest absolute Gasteiger partial charge is 0.147 e. The van der Waals surface area contributed by atoms with Crippen molar-refractivity contribution in [3.8, 4) is 5.75 Å². The van der Waals surface area contributed by atoms with Crippen LogP contribution in [0.1, 0.15) is 16.8 Å². The maximum atomic E-state index is 6.09. The zero-order valence-electron chi connectivity index (χ0n) is 14.2. The highest BCUT2D eigenvalue weighted by Gasteiger charge is 2.16. The largest absolute Gasteiger partial charge is 0.487 e. The molecule has 2 heterocycles. The Labute approximate surface area is 147 Å². The molecule has 0 unspecified atom stereocenters. The summed E-state index contributed by atoms with van der Waals surface area (Å²) in [6, 6.07) is 9.61. The van der Waals surface area contributed by atoms with E-state index in [0.717, 1.165) is 33.9 Å². The van der Waals surface area contributed by atoms with Crippen molar-refractivity contribution < 1.29 is 9.47 Å². The van der Waals surface area contributed by atoms with Gasteiger partial charge in [0.05, 0.1) is 12.1 Å². The third kappa shape index (κ3) is 3.25. The third-order valence-corrected chi connectivity index (χ3v) is 4.54. The molecule has 0 saturated carbocycles. The predicted octanol–water partition coefficient (Wildman–Crippen LogP) is 4.53. The van der Waals surface area contributed by atoms with Crippen molar-refractivity contribution in [2.45, 2.75) is 27.0 Å². The molecule has 2 aromatic heterocycles. The van der Waals surface area contributed by atoms with Crippen molar-refractivity contribution in [1.82, 2.24) is 9.55 Å². The average molecular weight is 345 g/mol. The van der Waals surface area contributed by atoms with Crippen LogP contribution in [0.4, 0.5) is 0 Å². The Bertz CT molecular complexity index is 841. The molecule has 3 rings (SSSR count). The van der Waals surface area contributed by atoms with Crippen LogP contribution in [0.25, 0.3) is 11.0 Å². The number of hydrogen-bond acceptors (Lipinski definition) is 3. The Morgan fingerprint density at radius 1 is 1.12 bits per heavy atom. The number of hydrogen-bond donors (Lipinski definition) is 0. The Hall–Kier alpha value is -2.04. The maximum absolute atomic E-state index is 6.09. The molecule has 0 aliphatic rings. The maximum Gasteiger partial charge on any atom is 0.147 e. The van der Waals surface area contributed by atoms with E-state index < -0.39 is 0 Å². The molecule has 24 heavy (non-hydrogen) atoms. The lowest BCUT2D eigenvalue weighted by atomic mass is 10.2. The zero-order valence-corrected chi connectivity index (χ0v) is 14.9. The van der Waals surface area contributed by atoms with Crippen LogP contribution >= 0.6 is 11.6 Å². The Morgan fingerprint density at radius 2 is 1.88 bits per heavy atom. The molecule has 0 aliphatic carbocycles. The summed E-state index contributed by atoms with van der Waals surface area (Å²) in [5.74, 6) is 0.835. The van der Waals surface area contributed by atoms with Gasteiger partial charge in [-0.05, 0) is 37.1 Å². The number of fused-ring (bicyclic) bond motifs is 1. The minimum absolute atomic E-state index is 0.490. The van der Waals surface area contributed by atoms with Crippen LogP contribution in [0, 0.1) is 13.8 Å². The van der Waals surface area contributed by atoms with Gasteiger partial charge in [-0.25, -0.2) is 0 Å². The molecule has 0 atom stereocenters. The van der Waals surface area contributed by atoms with Crippen LogP contribution < -0.4 is 4.74 Å². The number of benzene rings is 1. The van der Waals surface area contributed by atoms with Crippen LogP contribution in [-0.4, -0.2) is 23.3 Å². The van der Waals surface area contributed by atoms with Crippen LogP contribution in [0.5, 0.6) is 5.75 Å². The normalized spacial score (nSPS) is 11.2. The minimum atomic E-state index is 0.490. The van der Waals surface area contributed by atoms with Crippen molar-refractivity contribution in [2.75, 3.05) is 13.7 Å². The summed E-state index contributed by atoms with van der Waals surface area (Å²) in [7, 11) is 1.71. The number of pyridine rings is 1. The van der Waals surface area contributed by atoms with Crippen molar-refractivity contribution in [3.05, 3.63) is 58.4 Å². The molecule has 0 saturated heterocycles. The molecule has 0 amide bonds. The predicted molar refractivity (Wildman–Crippen MR) is 96.9 cm³/mol. The van der Waals surface area contributed by atoms with E-state index in [0.29, 0.717) is 13.2 Å². The highest BCUT2D eigenvalue weighted by atomic mass is 35.5. The molecule has 0 fully saturated rings. The summed E-state index contributed by atoms with van der Waals surface area (Å²) in [5, 5.41) is 0.727. The number of ether oxygens (including phenoxy) is 2. The average Bonchev–Trinajstić information content (AvgIpc) is 2.84. The molecule has 1 aromatic carbocycles. The van der Waals surface area contributed by atoms with E-state index in [4.69, 9.17) is 21.1 Å². The van der Waals surface area contributed by atoms with Gasteiger partial charge in [0.2, 0.25) is 0 Å². The SMILES string of the molecule is COCCn1c(C)c(C)c2nccc(OCc3ccc(Cl)cc3)c21. The standard InChI is InChI=1S/C19H21ClN2O2/c1-13-14(2)22(10-11-23-3)19-17(8-9-21-18(13)19)24-12-15-4-6-16(20)7-5-15/h4-9H,10-12H2,1-3H3. The van der Waals surface area contributed by atoms with Gasteiger partial charge in [0, 0.05) is 36.6 Å². The molecule has 0 aliphatic heterocycles. The third-order valence-electron chi connectivity index (χ3n) is 4.29. The summed E-state index contributed by atoms with van der Waals surface area (Å²) in [5.41, 5.74) is 5.46. The summed E-state index contributed by atoms with van der Waals surface area (Å²) in [6.07, 6.45) is 1.80. The molecule has 126 valence electrons. The van der Waals surface area contributed by atoms with Gasteiger partial charge in [-0.3, -0.25) is 4.98 Å². The summed E-state index contributed by atoms with van der Waals surface area (Å²) >= 11 is 5.93. The lowest BCUT2D eigenvalue weighted by molar-refractivity contribution is 0.187. The van der Waals surface area contributed by atoms with E-state index in [1.165, 1.54) is 11.3 Å². The van der Waals surface area contributed by atoms with Crippen LogP contribution in [-0.2, 0) is 17.9 Å². The van der Waals surface area contributed by atoms with Gasteiger partial charge in [-0.15, -0.1) is 0 Å². The second-order valence-electron chi connectivity index (χ2n) is 5.78. The molecule has 3 aromatic rings. The van der Waals surface area contributed by atoms with E-state index in [-0.39, 0.29) is 0 Å². The van der Waals surface area contributed by atoms with Gasteiger partial charge < -0.3 is 14.0 Å². The lowest BCUT2D eigenvalue weighted by Gasteiger charge is -2.12. The fourth-order valence-corrected chi connectivity index (χ4v) is 2.96. The van der Waals surface area contributed by atoms with E-state index in [2.05, 4.69) is 23.4 Å². The first-order chi connectivity index (χ1) is 11.6. The van der Waals surface area contributed by atoms with Crippen molar-refractivity contribution >= 4 is 22.6 Å². The molecule has 0 radical (unpaired) electrons. The molecule has 0 bridgehead atoms. The van der Waals surface area contributed by atoms with E-state index in [1.54, 1.807) is 13.3 Å². The topological polar surface area (TPSA) is 36.3 Å². The molecular weight excluding hydrogens is 324 g/mol. The molecular formula is C19H21ClN2O2. The first-order valence-electron chi connectivity index (χ1n) is 7.92. The summed E-state index contributed by atoms with van der Waals surface area (Å²) < 4.78 is 13.6. The van der Waals surface area contributed by atoms with Gasteiger partial charge in [0.15, 0.2) is 0 Å². The first-order valence-corrected chi connectivity index (χ1v) is 8.30. The second-order valence-corrected chi connectivity index (χ2v) is 6.21. The highest BCUT2D eigenvalue weighted by Crippen LogP contribution is 2.31. The van der Waals surface area contributed by atoms with Gasteiger partial charge >= 0.3 is 0 Å². The Balaban J connectivity index is 1.95. The molecule has 4 nitrogen and oxygen atoms in total. The zero-order chi connectivity index (χ0) is 17.1. The number of rotatable bonds is 6.